The Bertz CT molecular complexity index is 1190. The third-order valence-electron chi connectivity index (χ3n) is 3.84. The van der Waals surface area contributed by atoms with Crippen molar-refractivity contribution in [2.45, 2.75) is 0 Å². The summed E-state index contributed by atoms with van der Waals surface area (Å²) in [7, 11) is 0. The Morgan fingerprint density at radius 2 is 0.906 bits per heavy atom. The van der Waals surface area contributed by atoms with Gasteiger partial charge in [-0.2, -0.15) is 0 Å². The smallest absolute Gasteiger partial charge is 0.258 e. The van der Waals surface area contributed by atoms with E-state index >= 15 is 0 Å². The van der Waals surface area contributed by atoms with Gasteiger partial charge in [-0.05, 0) is 5.56 Å². The summed E-state index contributed by atoms with van der Waals surface area (Å²) in [6.07, 6.45) is 0.536. The fraction of sp³-hybridized carbons (Fsp3) is 0. The van der Waals surface area contributed by atoms with Crippen molar-refractivity contribution >= 4 is 40.2 Å². The van der Waals surface area contributed by atoms with Gasteiger partial charge in [-0.1, -0.05) is 30.3 Å². The lowest BCUT2D eigenvalue weighted by Crippen LogP contribution is -2.13. The van der Waals surface area contributed by atoms with Crippen molar-refractivity contribution in [1.82, 2.24) is 0 Å². The van der Waals surface area contributed by atoms with E-state index in [2.05, 4.69) is 0 Å². The van der Waals surface area contributed by atoms with Crippen LogP contribution in [0.25, 0.3) is 11.8 Å². The molecule has 0 radical (unpaired) electrons. The molecule has 0 unspecified atom stereocenters. The number of hydrogen-bond acceptors (Lipinski definition) is 12. The van der Waals surface area contributed by atoms with Crippen LogP contribution in [0.4, 0.5) is 28.4 Å². The topological polar surface area (TPSA) is 259 Å². The van der Waals surface area contributed by atoms with Crippen LogP contribution in [0.3, 0.4) is 0 Å². The Kier molecular flexibility index (Phi) is 6.09. The standard InChI is InChI=1S/C14H6N6O12/c21-15(22)8(6-7-4-2-1-3-5-7)9-10(16(23)24)12(18(27)28)14(20(31)32)13(19(29)30)11(9)17(25)26/h1-6H. The lowest BCUT2D eigenvalue weighted by molar-refractivity contribution is -0.461. The molecule has 0 aromatic heterocycles. The lowest BCUT2D eigenvalue weighted by Gasteiger charge is -2.05. The van der Waals surface area contributed by atoms with Crippen LogP contribution >= 0.6 is 0 Å². The molecule has 0 bridgehead atoms. The second kappa shape index (κ2) is 8.52. The highest BCUT2D eigenvalue weighted by molar-refractivity contribution is 5.96. The number of benzene rings is 2. The summed E-state index contributed by atoms with van der Waals surface area (Å²) in [5.41, 5.74) is -13.7. The van der Waals surface area contributed by atoms with E-state index in [9.17, 15) is 60.7 Å². The second-order valence-electron chi connectivity index (χ2n) is 5.60. The first-order valence-electron chi connectivity index (χ1n) is 7.77. The Morgan fingerprint density at radius 1 is 0.562 bits per heavy atom. The van der Waals surface area contributed by atoms with Gasteiger partial charge in [0.1, 0.15) is 0 Å². The average Bonchev–Trinajstić information content (AvgIpc) is 2.69. The maximum atomic E-state index is 11.7. The Balaban J connectivity index is 3.33. The van der Waals surface area contributed by atoms with E-state index in [1.807, 2.05) is 0 Å². The molecule has 0 spiro atoms. The zero-order valence-corrected chi connectivity index (χ0v) is 15.0. The van der Waals surface area contributed by atoms with Crippen LogP contribution in [0.15, 0.2) is 30.3 Å². The number of nitro groups is 6. The van der Waals surface area contributed by atoms with Crippen LogP contribution in [0, 0.1) is 60.7 Å². The van der Waals surface area contributed by atoms with E-state index in [4.69, 9.17) is 0 Å². The first kappa shape index (κ1) is 22.9. The van der Waals surface area contributed by atoms with E-state index in [0.29, 0.717) is 6.08 Å². The summed E-state index contributed by atoms with van der Waals surface area (Å²) in [6, 6.07) is 6.61. The van der Waals surface area contributed by atoms with E-state index in [1.165, 1.54) is 30.3 Å². The maximum absolute atomic E-state index is 11.7. The largest absolute Gasteiger partial charge is 0.437 e. The maximum Gasteiger partial charge on any atom is 0.437 e. The third-order valence-corrected chi connectivity index (χ3v) is 3.84. The molecular weight excluding hydrogens is 444 g/mol. The molecule has 18 heteroatoms. The molecule has 2 rings (SSSR count). The van der Waals surface area contributed by atoms with Crippen LogP contribution in [0.5, 0.6) is 0 Å². The van der Waals surface area contributed by atoms with Crippen LogP contribution < -0.4 is 0 Å². The van der Waals surface area contributed by atoms with Crippen LogP contribution in [-0.4, -0.2) is 29.5 Å². The van der Waals surface area contributed by atoms with Gasteiger partial charge in [0.05, 0.1) is 29.5 Å². The second-order valence-corrected chi connectivity index (χ2v) is 5.60. The quantitative estimate of drug-likeness (QED) is 0.319. The van der Waals surface area contributed by atoms with Crippen LogP contribution in [-0.2, 0) is 0 Å². The number of hydrogen-bond donors (Lipinski definition) is 0. The van der Waals surface area contributed by atoms with Gasteiger partial charge in [0.25, 0.3) is 5.70 Å². The molecule has 0 saturated heterocycles. The molecule has 0 heterocycles. The molecule has 164 valence electrons. The van der Waals surface area contributed by atoms with Gasteiger partial charge >= 0.3 is 28.4 Å². The molecule has 18 nitrogen and oxygen atoms in total. The average molecular weight is 450 g/mol. The minimum absolute atomic E-state index is 0.0635. The van der Waals surface area contributed by atoms with Crippen LogP contribution in [0.1, 0.15) is 11.1 Å². The summed E-state index contributed by atoms with van der Waals surface area (Å²) >= 11 is 0. The minimum Gasteiger partial charge on any atom is -0.258 e. The SMILES string of the molecule is O=[N+]([O-])C(=Cc1ccccc1)c1c([N+](=O)[O-])c([N+](=O)[O-])c([N+](=O)[O-])c([N+](=O)[O-])c1[N+](=O)[O-]. The Labute approximate surface area is 172 Å². The predicted molar refractivity (Wildman–Crippen MR) is 101 cm³/mol. The summed E-state index contributed by atoms with van der Waals surface area (Å²) in [6.45, 7) is 0. The normalized spacial score (nSPS) is 10.9. The van der Waals surface area contributed by atoms with Gasteiger partial charge in [0.2, 0.25) is 5.56 Å². The van der Waals surface area contributed by atoms with Gasteiger partial charge in [-0.25, -0.2) is 0 Å². The lowest BCUT2D eigenvalue weighted by atomic mass is 10.00. The molecule has 2 aromatic rings. The zero-order valence-electron chi connectivity index (χ0n) is 15.0. The van der Waals surface area contributed by atoms with Crippen LogP contribution in [0.2, 0.25) is 0 Å². The monoisotopic (exact) mass is 450 g/mol. The van der Waals surface area contributed by atoms with Gasteiger partial charge in [-0.15, -0.1) is 0 Å². The fourth-order valence-corrected chi connectivity index (χ4v) is 2.73. The third kappa shape index (κ3) is 3.98. The van der Waals surface area contributed by atoms with Gasteiger partial charge in [0, 0.05) is 6.08 Å². The number of nitro benzene ring substituents is 5. The minimum atomic E-state index is -2.16. The Morgan fingerprint density at radius 3 is 1.22 bits per heavy atom. The van der Waals surface area contributed by atoms with E-state index in [0.717, 1.165) is 0 Å². The van der Waals surface area contributed by atoms with E-state index in [1.54, 1.807) is 0 Å². The molecule has 0 aliphatic rings. The first-order chi connectivity index (χ1) is 14.9. The number of nitrogens with zero attached hydrogens (tertiary/aromatic N) is 6. The summed E-state index contributed by atoms with van der Waals surface area (Å²) in [5, 5.41) is 69.0. The van der Waals surface area contributed by atoms with Gasteiger partial charge < -0.3 is 0 Å². The summed E-state index contributed by atoms with van der Waals surface area (Å²) in [4.78, 5) is 58.9. The fourth-order valence-electron chi connectivity index (χ4n) is 2.73. The van der Waals surface area contributed by atoms with Gasteiger partial charge in [0.15, 0.2) is 0 Å². The van der Waals surface area contributed by atoms with Crippen molar-refractivity contribution in [2.75, 3.05) is 0 Å². The molecular formula is C14H6N6O12. The molecule has 0 aliphatic carbocycles. The molecule has 0 aliphatic heterocycles. The van der Waals surface area contributed by atoms with Gasteiger partial charge in [-0.3, -0.25) is 60.7 Å². The van der Waals surface area contributed by atoms with Crippen molar-refractivity contribution in [2.24, 2.45) is 0 Å². The predicted octanol–water partition coefficient (Wildman–Crippen LogP) is 3.00. The van der Waals surface area contributed by atoms with Crippen molar-refractivity contribution in [3.05, 3.63) is 102 Å². The summed E-state index contributed by atoms with van der Waals surface area (Å²) in [5.74, 6) is 0. The van der Waals surface area contributed by atoms with Crippen molar-refractivity contribution in [3.63, 3.8) is 0 Å². The highest BCUT2D eigenvalue weighted by Crippen LogP contribution is 2.53. The first-order valence-corrected chi connectivity index (χ1v) is 7.77. The molecule has 0 amide bonds. The molecule has 0 N–H and O–H groups in total. The van der Waals surface area contributed by atoms with E-state index < -0.39 is 69.2 Å². The molecule has 0 saturated carbocycles. The summed E-state index contributed by atoms with van der Waals surface area (Å²) < 4.78 is 0. The molecule has 0 atom stereocenters. The van der Waals surface area contributed by atoms with Crippen molar-refractivity contribution in [1.29, 1.82) is 0 Å². The number of rotatable bonds is 8. The van der Waals surface area contributed by atoms with E-state index in [-0.39, 0.29) is 5.56 Å². The van der Waals surface area contributed by atoms with Crippen molar-refractivity contribution in [3.8, 4) is 0 Å². The highest BCUT2D eigenvalue weighted by atomic mass is 16.7. The molecule has 2 aromatic carbocycles. The molecule has 0 fully saturated rings. The Hall–Kier alpha value is -5.42. The molecule has 32 heavy (non-hydrogen) atoms. The zero-order chi connectivity index (χ0) is 24.3. The highest BCUT2D eigenvalue weighted by Gasteiger charge is 2.57. The van der Waals surface area contributed by atoms with Crippen molar-refractivity contribution < 1.29 is 29.5 Å².